The van der Waals surface area contributed by atoms with E-state index in [1.165, 1.54) is 4.90 Å². The van der Waals surface area contributed by atoms with Crippen LogP contribution in [0.2, 0.25) is 0 Å². The van der Waals surface area contributed by atoms with Crippen LogP contribution in [0.3, 0.4) is 0 Å². The van der Waals surface area contributed by atoms with Crippen molar-refractivity contribution in [3.8, 4) is 0 Å². The van der Waals surface area contributed by atoms with Gasteiger partial charge >= 0.3 is 0 Å². The summed E-state index contributed by atoms with van der Waals surface area (Å²) < 4.78 is 0. The van der Waals surface area contributed by atoms with Gasteiger partial charge in [-0.05, 0) is 12.8 Å². The Morgan fingerprint density at radius 2 is 2.36 bits per heavy atom. The van der Waals surface area contributed by atoms with Crippen LogP contribution in [-0.2, 0) is 4.79 Å². The van der Waals surface area contributed by atoms with Gasteiger partial charge in [-0.1, -0.05) is 0 Å². The van der Waals surface area contributed by atoms with Crippen LogP contribution in [0.15, 0.2) is 0 Å². The Kier molecular flexibility index (Phi) is 2.09. The van der Waals surface area contributed by atoms with E-state index in [0.717, 1.165) is 6.42 Å². The quantitative estimate of drug-likeness (QED) is 0.304. The zero-order valence-corrected chi connectivity index (χ0v) is 6.21. The van der Waals surface area contributed by atoms with Crippen molar-refractivity contribution in [2.45, 2.75) is 18.9 Å². The van der Waals surface area contributed by atoms with Gasteiger partial charge in [0.2, 0.25) is 5.91 Å². The summed E-state index contributed by atoms with van der Waals surface area (Å²) in [6.45, 7) is 0.530. The predicted molar refractivity (Wildman–Crippen MR) is 40.8 cm³/mol. The zero-order chi connectivity index (χ0) is 8.43. The van der Waals surface area contributed by atoms with Crippen LogP contribution in [0.5, 0.6) is 0 Å². The van der Waals surface area contributed by atoms with Gasteiger partial charge in [0.15, 0.2) is 5.96 Å². The minimum atomic E-state index is -0.465. The van der Waals surface area contributed by atoms with Crippen molar-refractivity contribution >= 4 is 11.9 Å². The third-order valence-corrected chi connectivity index (χ3v) is 1.77. The van der Waals surface area contributed by atoms with Gasteiger partial charge in [0, 0.05) is 6.54 Å². The number of amides is 1. The molecule has 1 fully saturated rings. The number of guanidine groups is 1. The minimum absolute atomic E-state index is 0.204. The fourth-order valence-corrected chi connectivity index (χ4v) is 1.14. The predicted octanol–water partition coefficient (Wildman–Crippen LogP) is -1.17. The van der Waals surface area contributed by atoms with Crippen LogP contribution in [0.25, 0.3) is 0 Å². The van der Waals surface area contributed by atoms with Gasteiger partial charge < -0.3 is 11.5 Å². The second-order valence-electron chi connectivity index (χ2n) is 2.62. The van der Waals surface area contributed by atoms with Gasteiger partial charge in [-0.2, -0.15) is 0 Å². The maximum atomic E-state index is 11.1. The van der Waals surface area contributed by atoms with Gasteiger partial charge in [-0.25, -0.2) is 0 Å². The number of carbonyl (C=O) groups excluding carboxylic acids is 1. The minimum Gasteiger partial charge on any atom is -0.370 e. The number of likely N-dealkylation sites (tertiary alicyclic amines) is 1. The monoisotopic (exact) mass is 156 g/mol. The van der Waals surface area contributed by atoms with Crippen molar-refractivity contribution in [1.29, 1.82) is 5.41 Å². The van der Waals surface area contributed by atoms with Gasteiger partial charge in [-0.3, -0.25) is 15.1 Å². The number of hydrogen-bond acceptors (Lipinski definition) is 3. The first kappa shape index (κ1) is 8.00. The highest BCUT2D eigenvalue weighted by Crippen LogP contribution is 2.08. The van der Waals surface area contributed by atoms with Crippen LogP contribution >= 0.6 is 0 Å². The summed E-state index contributed by atoms with van der Waals surface area (Å²) in [6, 6.07) is -0.465. The molecule has 5 heteroatoms. The number of nitrogens with two attached hydrogens (primary N) is 2. The van der Waals surface area contributed by atoms with Crippen LogP contribution in [0.4, 0.5) is 0 Å². The van der Waals surface area contributed by atoms with Gasteiger partial charge in [0.25, 0.3) is 0 Å². The second-order valence-corrected chi connectivity index (χ2v) is 2.62. The molecule has 1 aliphatic rings. The van der Waals surface area contributed by atoms with E-state index in [1.807, 2.05) is 0 Å². The lowest BCUT2D eigenvalue weighted by molar-refractivity contribution is -0.130. The van der Waals surface area contributed by atoms with E-state index >= 15 is 0 Å². The summed E-state index contributed by atoms with van der Waals surface area (Å²) in [4.78, 5) is 12.4. The highest BCUT2D eigenvalue weighted by molar-refractivity contribution is 5.97. The Balaban J connectivity index is 2.66. The zero-order valence-electron chi connectivity index (χ0n) is 6.21. The molecule has 1 rings (SSSR count). The molecular weight excluding hydrogens is 144 g/mol. The van der Waals surface area contributed by atoms with Crippen LogP contribution < -0.4 is 11.5 Å². The number of hydrogen-bond donors (Lipinski definition) is 3. The summed E-state index contributed by atoms with van der Waals surface area (Å²) in [5.74, 6) is -0.436. The first-order valence-corrected chi connectivity index (χ1v) is 3.54. The van der Waals surface area contributed by atoms with E-state index in [9.17, 15) is 4.79 Å². The van der Waals surface area contributed by atoms with Gasteiger partial charge in [0.05, 0.1) is 6.04 Å². The normalized spacial score (nSPS) is 25.4. The molecule has 0 unspecified atom stereocenters. The van der Waals surface area contributed by atoms with E-state index in [4.69, 9.17) is 16.9 Å². The third kappa shape index (κ3) is 1.48. The largest absolute Gasteiger partial charge is 0.370 e. The van der Waals surface area contributed by atoms with E-state index in [1.54, 1.807) is 0 Å². The molecule has 0 aliphatic carbocycles. The number of nitrogens with zero attached hydrogens (tertiary/aromatic N) is 1. The van der Waals surface area contributed by atoms with E-state index in [0.29, 0.717) is 13.0 Å². The molecule has 0 aromatic carbocycles. The molecule has 0 spiro atoms. The van der Waals surface area contributed by atoms with Crippen molar-refractivity contribution in [2.24, 2.45) is 11.5 Å². The molecule has 1 atom stereocenters. The van der Waals surface area contributed by atoms with Crippen molar-refractivity contribution in [1.82, 2.24) is 4.90 Å². The Morgan fingerprint density at radius 1 is 1.73 bits per heavy atom. The Labute approximate surface area is 64.8 Å². The lowest BCUT2D eigenvalue weighted by Crippen LogP contribution is -2.52. The molecule has 1 heterocycles. The Morgan fingerprint density at radius 3 is 2.82 bits per heavy atom. The van der Waals surface area contributed by atoms with Crippen LogP contribution in [-0.4, -0.2) is 29.4 Å². The molecule has 62 valence electrons. The molecule has 11 heavy (non-hydrogen) atoms. The maximum Gasteiger partial charge on any atom is 0.246 e. The molecule has 5 nitrogen and oxygen atoms in total. The van der Waals surface area contributed by atoms with Crippen LogP contribution in [0, 0.1) is 5.41 Å². The molecule has 1 saturated heterocycles. The SMILES string of the molecule is N=C(N)N1CCC[C@H](N)C1=O. The fourth-order valence-electron chi connectivity index (χ4n) is 1.14. The second kappa shape index (κ2) is 2.87. The average molecular weight is 156 g/mol. The number of rotatable bonds is 0. The van der Waals surface area contributed by atoms with Crippen molar-refractivity contribution < 1.29 is 4.79 Å². The summed E-state index contributed by atoms with van der Waals surface area (Å²) >= 11 is 0. The highest BCUT2D eigenvalue weighted by Gasteiger charge is 2.26. The number of piperidine rings is 1. The maximum absolute atomic E-state index is 11.1. The third-order valence-electron chi connectivity index (χ3n) is 1.77. The smallest absolute Gasteiger partial charge is 0.246 e. The average Bonchev–Trinajstić information content (AvgIpc) is 1.94. The van der Waals surface area contributed by atoms with Crippen LogP contribution in [0.1, 0.15) is 12.8 Å². The van der Waals surface area contributed by atoms with E-state index in [-0.39, 0.29) is 11.9 Å². The van der Waals surface area contributed by atoms with Crippen molar-refractivity contribution in [3.63, 3.8) is 0 Å². The molecular formula is C6H12N4O. The molecule has 0 aromatic rings. The summed E-state index contributed by atoms with van der Waals surface area (Å²) in [6.07, 6.45) is 1.52. The Bertz CT molecular complexity index is 191. The first-order valence-electron chi connectivity index (χ1n) is 3.54. The molecule has 1 aliphatic heterocycles. The summed E-state index contributed by atoms with van der Waals surface area (Å²) in [7, 11) is 0. The first-order chi connectivity index (χ1) is 5.13. The van der Waals surface area contributed by atoms with E-state index in [2.05, 4.69) is 0 Å². The molecule has 0 aromatic heterocycles. The van der Waals surface area contributed by atoms with Crippen molar-refractivity contribution in [3.05, 3.63) is 0 Å². The molecule has 1 amide bonds. The topological polar surface area (TPSA) is 96.2 Å². The summed E-state index contributed by atoms with van der Waals surface area (Å²) in [5.41, 5.74) is 10.6. The summed E-state index contributed by atoms with van der Waals surface area (Å²) in [5, 5.41) is 7.04. The highest BCUT2D eigenvalue weighted by atomic mass is 16.2. The van der Waals surface area contributed by atoms with Crippen molar-refractivity contribution in [2.75, 3.05) is 6.54 Å². The number of carbonyl (C=O) groups is 1. The molecule has 0 bridgehead atoms. The molecule has 0 saturated carbocycles. The lowest BCUT2D eigenvalue weighted by atomic mass is 10.1. The van der Waals surface area contributed by atoms with Gasteiger partial charge in [-0.15, -0.1) is 0 Å². The standard InChI is InChI=1S/C6H12N4O/c7-4-2-1-3-10(5(4)11)6(8)9/h4H,1-3,7H2,(H3,8,9)/t4-/m0/s1. The fraction of sp³-hybridized carbons (Fsp3) is 0.667. The molecule has 0 radical (unpaired) electrons. The Hall–Kier alpha value is -1.10. The number of nitrogens with one attached hydrogen (secondary N) is 1. The lowest BCUT2D eigenvalue weighted by Gasteiger charge is -2.28. The van der Waals surface area contributed by atoms with Gasteiger partial charge in [0.1, 0.15) is 0 Å². The molecule has 5 N–H and O–H groups in total. The van der Waals surface area contributed by atoms with E-state index < -0.39 is 6.04 Å².